The van der Waals surface area contributed by atoms with Crippen LogP contribution in [-0.4, -0.2) is 14.1 Å². The fourth-order valence-corrected chi connectivity index (χ4v) is 5.65. The summed E-state index contributed by atoms with van der Waals surface area (Å²) in [7, 11) is 0. The Balaban J connectivity index is 1.64. The minimum Gasteiger partial charge on any atom is -0.266 e. The molecule has 0 amide bonds. The van der Waals surface area contributed by atoms with E-state index >= 15 is 0 Å². The van der Waals surface area contributed by atoms with E-state index in [0.29, 0.717) is 11.2 Å². The number of nitrogens with zero attached hydrogens (tertiary/aromatic N) is 4. The SMILES string of the molecule is O=c1c2nc3ccccc3[n+]3c2n(c(=O)n1Cc1ccccc1)[C@H](c1ccccc1)[C@H]3c1ccccc1. The quantitative estimate of drug-likeness (QED) is 0.278. The van der Waals surface area contributed by atoms with Crippen LogP contribution < -0.4 is 15.8 Å². The van der Waals surface area contributed by atoms with Crippen LogP contribution in [0.2, 0.25) is 0 Å². The van der Waals surface area contributed by atoms with Crippen LogP contribution in [0.15, 0.2) is 125 Å². The van der Waals surface area contributed by atoms with E-state index in [1.165, 1.54) is 4.57 Å². The molecule has 1 aliphatic rings. The Bertz CT molecular complexity index is 1900. The summed E-state index contributed by atoms with van der Waals surface area (Å²) < 4.78 is 5.25. The molecule has 6 aromatic rings. The van der Waals surface area contributed by atoms with Crippen LogP contribution in [-0.2, 0) is 6.54 Å². The van der Waals surface area contributed by atoms with E-state index in [4.69, 9.17) is 4.98 Å². The first-order valence-electron chi connectivity index (χ1n) is 12.4. The van der Waals surface area contributed by atoms with E-state index in [-0.39, 0.29) is 29.9 Å². The molecule has 0 bridgehead atoms. The molecule has 2 aromatic heterocycles. The molecular weight excluding hydrogens is 460 g/mol. The molecule has 0 unspecified atom stereocenters. The third kappa shape index (κ3) is 3.26. The van der Waals surface area contributed by atoms with Crippen LogP contribution in [0.3, 0.4) is 0 Å². The molecule has 0 N–H and O–H groups in total. The van der Waals surface area contributed by atoms with E-state index in [1.807, 2.05) is 103 Å². The molecule has 0 spiro atoms. The number of hydrogen-bond acceptors (Lipinski definition) is 3. The average molecular weight is 484 g/mol. The van der Waals surface area contributed by atoms with Gasteiger partial charge in [0.25, 0.3) is 5.56 Å². The van der Waals surface area contributed by atoms with E-state index in [0.717, 1.165) is 27.7 Å². The second kappa shape index (κ2) is 8.38. The fraction of sp³-hybridized carbons (Fsp3) is 0.0968. The van der Waals surface area contributed by atoms with Crippen LogP contribution >= 0.6 is 0 Å². The summed E-state index contributed by atoms with van der Waals surface area (Å²) in [5.41, 5.74) is 4.70. The maximum absolute atomic E-state index is 14.3. The van der Waals surface area contributed by atoms with Gasteiger partial charge >= 0.3 is 11.3 Å². The van der Waals surface area contributed by atoms with Gasteiger partial charge in [-0.1, -0.05) is 103 Å². The third-order valence-corrected chi connectivity index (χ3v) is 7.25. The molecule has 6 heteroatoms. The van der Waals surface area contributed by atoms with Gasteiger partial charge in [0.05, 0.1) is 6.54 Å². The molecule has 2 atom stereocenters. The van der Waals surface area contributed by atoms with Gasteiger partial charge in [-0.3, -0.25) is 4.79 Å². The molecule has 4 aromatic carbocycles. The summed E-state index contributed by atoms with van der Waals surface area (Å²) in [6, 6.07) is 37.1. The number of aromatic nitrogens is 4. The number of fused-ring (bicyclic) bond motifs is 2. The smallest absolute Gasteiger partial charge is 0.266 e. The van der Waals surface area contributed by atoms with Crippen molar-refractivity contribution in [2.75, 3.05) is 0 Å². The molecule has 178 valence electrons. The summed E-state index contributed by atoms with van der Waals surface area (Å²) in [6.45, 7) is 0.181. The first-order chi connectivity index (χ1) is 18.2. The van der Waals surface area contributed by atoms with Gasteiger partial charge in [-0.05, 0) is 17.7 Å². The van der Waals surface area contributed by atoms with Crippen LogP contribution in [0.4, 0.5) is 0 Å². The lowest BCUT2D eigenvalue weighted by Gasteiger charge is -2.18. The number of para-hydroxylation sites is 2. The topological polar surface area (TPSA) is 60.8 Å². The summed E-state index contributed by atoms with van der Waals surface area (Å²) in [5.74, 6) is 0. The molecule has 0 radical (unpaired) electrons. The van der Waals surface area contributed by atoms with Crippen molar-refractivity contribution in [3.63, 3.8) is 0 Å². The highest BCUT2D eigenvalue weighted by Gasteiger charge is 2.47. The standard InChI is InChI=1S/C31H23N4O2/c36-30-26-29-34(25-19-11-10-18-24(25)32-26)27(22-14-6-2-7-15-22)28(23-16-8-3-9-17-23)35(29)31(37)33(30)20-21-12-4-1-5-13-21/h1-19,27-28H,20H2/q+1/t27-,28-/m1/s1. The zero-order chi connectivity index (χ0) is 24.9. The average Bonchev–Trinajstić information content (AvgIpc) is 3.32. The van der Waals surface area contributed by atoms with Gasteiger partial charge in [0.15, 0.2) is 17.6 Å². The highest BCUT2D eigenvalue weighted by atomic mass is 16.2. The number of hydrogen-bond donors (Lipinski definition) is 0. The Hall–Kier alpha value is -4.84. The molecule has 0 saturated carbocycles. The van der Waals surface area contributed by atoms with Gasteiger partial charge < -0.3 is 0 Å². The maximum Gasteiger partial charge on any atom is 0.419 e. The molecule has 1 aliphatic heterocycles. The van der Waals surface area contributed by atoms with Gasteiger partial charge in [-0.25, -0.2) is 18.9 Å². The van der Waals surface area contributed by atoms with E-state index in [9.17, 15) is 9.59 Å². The Morgan fingerprint density at radius 1 is 0.703 bits per heavy atom. The summed E-state index contributed by atoms with van der Waals surface area (Å²) in [6.07, 6.45) is 0. The van der Waals surface area contributed by atoms with Crippen molar-refractivity contribution < 1.29 is 4.57 Å². The Kier molecular flexibility index (Phi) is 4.86. The van der Waals surface area contributed by atoms with Gasteiger partial charge in [0, 0.05) is 11.1 Å². The van der Waals surface area contributed by atoms with Crippen molar-refractivity contribution in [3.05, 3.63) is 153 Å². The predicted octanol–water partition coefficient (Wildman–Crippen LogP) is 4.24. The molecule has 7 rings (SSSR count). The molecule has 6 nitrogen and oxygen atoms in total. The zero-order valence-electron chi connectivity index (χ0n) is 19.9. The van der Waals surface area contributed by atoms with Crippen molar-refractivity contribution in [1.29, 1.82) is 0 Å². The summed E-state index contributed by atoms with van der Waals surface area (Å²) in [4.78, 5) is 33.0. The Morgan fingerprint density at radius 3 is 2.00 bits per heavy atom. The molecule has 0 fully saturated rings. The highest BCUT2D eigenvalue weighted by molar-refractivity contribution is 5.80. The van der Waals surface area contributed by atoms with Crippen LogP contribution in [0.25, 0.3) is 22.2 Å². The minimum absolute atomic E-state index is 0.181. The van der Waals surface area contributed by atoms with Crippen LogP contribution in [0.5, 0.6) is 0 Å². The van der Waals surface area contributed by atoms with Gasteiger partial charge in [-0.15, -0.1) is 0 Å². The van der Waals surface area contributed by atoms with Crippen molar-refractivity contribution in [1.82, 2.24) is 14.1 Å². The normalized spacial score (nSPS) is 16.4. The Labute approximate surface area is 212 Å². The molecule has 0 aliphatic carbocycles. The van der Waals surface area contributed by atoms with Crippen molar-refractivity contribution >= 4 is 22.2 Å². The van der Waals surface area contributed by atoms with Gasteiger partial charge in [0.2, 0.25) is 5.52 Å². The molecule has 0 saturated heterocycles. The monoisotopic (exact) mass is 483 g/mol. The first kappa shape index (κ1) is 21.4. The van der Waals surface area contributed by atoms with E-state index in [2.05, 4.69) is 16.7 Å². The van der Waals surface area contributed by atoms with E-state index in [1.54, 1.807) is 4.57 Å². The second-order valence-electron chi connectivity index (χ2n) is 9.38. The fourth-order valence-electron chi connectivity index (χ4n) is 5.65. The third-order valence-electron chi connectivity index (χ3n) is 7.25. The highest BCUT2D eigenvalue weighted by Crippen LogP contribution is 2.38. The predicted molar refractivity (Wildman–Crippen MR) is 143 cm³/mol. The van der Waals surface area contributed by atoms with E-state index < -0.39 is 0 Å². The lowest BCUT2D eigenvalue weighted by atomic mass is 9.94. The van der Waals surface area contributed by atoms with Gasteiger partial charge in [-0.2, -0.15) is 4.57 Å². The summed E-state index contributed by atoms with van der Waals surface area (Å²) in [5, 5.41) is 0. The molecule has 3 heterocycles. The number of rotatable bonds is 4. The largest absolute Gasteiger partial charge is 0.419 e. The van der Waals surface area contributed by atoms with Crippen LogP contribution in [0.1, 0.15) is 28.8 Å². The number of benzene rings is 4. The maximum atomic E-state index is 14.3. The van der Waals surface area contributed by atoms with Crippen molar-refractivity contribution in [3.8, 4) is 0 Å². The van der Waals surface area contributed by atoms with Crippen molar-refractivity contribution in [2.24, 2.45) is 0 Å². The first-order valence-corrected chi connectivity index (χ1v) is 12.4. The van der Waals surface area contributed by atoms with Crippen molar-refractivity contribution in [2.45, 2.75) is 18.6 Å². The van der Waals surface area contributed by atoms with Gasteiger partial charge in [0.1, 0.15) is 5.52 Å². The molecular formula is C31H23N4O2+. The lowest BCUT2D eigenvalue weighted by molar-refractivity contribution is -0.658. The molecule has 37 heavy (non-hydrogen) atoms. The second-order valence-corrected chi connectivity index (χ2v) is 9.38. The zero-order valence-corrected chi connectivity index (χ0v) is 19.9. The summed E-state index contributed by atoms with van der Waals surface area (Å²) >= 11 is 0. The van der Waals surface area contributed by atoms with Crippen LogP contribution in [0, 0.1) is 0 Å². The minimum atomic E-state index is -0.375. The lowest BCUT2D eigenvalue weighted by Crippen LogP contribution is -2.43. The Morgan fingerprint density at radius 2 is 1.30 bits per heavy atom.